The molecule has 0 bridgehead atoms. The van der Waals surface area contributed by atoms with Crippen molar-refractivity contribution in [3.63, 3.8) is 0 Å². The van der Waals surface area contributed by atoms with Crippen molar-refractivity contribution in [3.8, 4) is 22.1 Å². The minimum absolute atomic E-state index is 0.198. The summed E-state index contributed by atoms with van der Waals surface area (Å²) in [6.07, 6.45) is 1.63. The Morgan fingerprint density at radius 3 is 2.78 bits per heavy atom. The summed E-state index contributed by atoms with van der Waals surface area (Å²) >= 11 is 1.43. The Hall–Kier alpha value is -3.12. The number of methoxy groups -OCH3 is 1. The predicted octanol–water partition coefficient (Wildman–Crippen LogP) is 4.31. The summed E-state index contributed by atoms with van der Waals surface area (Å²) in [5, 5.41) is 5.26. The van der Waals surface area contributed by atoms with Crippen molar-refractivity contribution >= 4 is 17.2 Å². The van der Waals surface area contributed by atoms with Gasteiger partial charge in [0, 0.05) is 17.5 Å². The number of aromatic nitrogens is 1. The molecule has 0 atom stereocenters. The average molecular weight is 380 g/mol. The zero-order chi connectivity index (χ0) is 19.1. The van der Waals surface area contributed by atoms with Crippen molar-refractivity contribution in [2.75, 3.05) is 13.7 Å². The van der Waals surface area contributed by atoms with E-state index in [9.17, 15) is 4.79 Å². The summed E-state index contributed by atoms with van der Waals surface area (Å²) in [7, 11) is 1.64. The van der Waals surface area contributed by atoms with Crippen molar-refractivity contribution < 1.29 is 14.3 Å². The molecule has 1 aromatic heterocycles. The lowest BCUT2D eigenvalue weighted by Crippen LogP contribution is -2.23. The smallest absolute Gasteiger partial charge is 0.271 e. The molecule has 0 aliphatic carbocycles. The van der Waals surface area contributed by atoms with E-state index in [0.29, 0.717) is 18.8 Å². The molecule has 0 radical (unpaired) electrons. The molecular weight excluding hydrogens is 360 g/mol. The summed E-state index contributed by atoms with van der Waals surface area (Å²) in [6, 6.07) is 15.4. The summed E-state index contributed by atoms with van der Waals surface area (Å²) in [4.78, 5) is 16.3. The van der Waals surface area contributed by atoms with Crippen LogP contribution in [0, 0.1) is 0 Å². The third kappa shape index (κ3) is 4.95. The molecule has 0 aliphatic heterocycles. The van der Waals surface area contributed by atoms with Crippen LogP contribution in [0.4, 0.5) is 0 Å². The second-order valence-corrected chi connectivity index (χ2v) is 6.56. The second kappa shape index (κ2) is 9.00. The Labute approximate surface area is 162 Å². The number of carbonyl (C=O) groups excluding carboxylic acids is 1. The van der Waals surface area contributed by atoms with E-state index in [0.717, 1.165) is 27.6 Å². The second-order valence-electron chi connectivity index (χ2n) is 5.70. The molecule has 3 rings (SSSR count). The zero-order valence-electron chi connectivity index (χ0n) is 15.0. The summed E-state index contributed by atoms with van der Waals surface area (Å²) in [5.74, 6) is 1.38. The van der Waals surface area contributed by atoms with E-state index in [1.165, 1.54) is 11.3 Å². The fraction of sp³-hybridized carbons (Fsp3) is 0.143. The number of amides is 1. The van der Waals surface area contributed by atoms with E-state index < -0.39 is 0 Å². The van der Waals surface area contributed by atoms with Gasteiger partial charge in [0.05, 0.1) is 7.11 Å². The van der Waals surface area contributed by atoms with E-state index in [-0.39, 0.29) is 5.91 Å². The number of nitrogens with zero attached hydrogens (tertiary/aromatic N) is 1. The van der Waals surface area contributed by atoms with Crippen LogP contribution in [-0.2, 0) is 6.61 Å². The zero-order valence-corrected chi connectivity index (χ0v) is 15.8. The summed E-state index contributed by atoms with van der Waals surface area (Å²) in [5.41, 5.74) is 2.39. The lowest BCUT2D eigenvalue weighted by atomic mass is 10.2. The first-order chi connectivity index (χ1) is 13.2. The van der Waals surface area contributed by atoms with Crippen LogP contribution in [0.5, 0.6) is 11.5 Å². The molecule has 0 unspecified atom stereocenters. The van der Waals surface area contributed by atoms with Gasteiger partial charge >= 0.3 is 0 Å². The van der Waals surface area contributed by atoms with Gasteiger partial charge < -0.3 is 14.8 Å². The van der Waals surface area contributed by atoms with Gasteiger partial charge in [-0.25, -0.2) is 4.98 Å². The molecule has 0 saturated carbocycles. The maximum atomic E-state index is 11.9. The number of hydrogen-bond acceptors (Lipinski definition) is 5. The predicted molar refractivity (Wildman–Crippen MR) is 107 cm³/mol. The summed E-state index contributed by atoms with van der Waals surface area (Å²) in [6.45, 7) is 4.46. The van der Waals surface area contributed by atoms with Crippen molar-refractivity contribution in [3.05, 3.63) is 77.8 Å². The fourth-order valence-corrected chi connectivity index (χ4v) is 3.19. The fourth-order valence-electron chi connectivity index (χ4n) is 2.39. The Morgan fingerprint density at radius 2 is 2.04 bits per heavy atom. The van der Waals surface area contributed by atoms with Crippen LogP contribution in [0.1, 0.15) is 16.1 Å². The molecule has 0 spiro atoms. The summed E-state index contributed by atoms with van der Waals surface area (Å²) < 4.78 is 11.0. The number of benzene rings is 2. The molecule has 5 nitrogen and oxygen atoms in total. The molecule has 1 N–H and O–H groups in total. The SMILES string of the molecule is C=CCNC(=O)c1csc(-c2ccc(OCc3cccc(OC)c3)cc2)n1. The van der Waals surface area contributed by atoms with Gasteiger partial charge in [-0.3, -0.25) is 4.79 Å². The highest BCUT2D eigenvalue weighted by Gasteiger charge is 2.11. The molecule has 6 heteroatoms. The lowest BCUT2D eigenvalue weighted by Gasteiger charge is -2.08. The normalized spacial score (nSPS) is 10.3. The van der Waals surface area contributed by atoms with E-state index in [1.54, 1.807) is 18.6 Å². The largest absolute Gasteiger partial charge is 0.497 e. The van der Waals surface area contributed by atoms with Gasteiger partial charge in [0.25, 0.3) is 5.91 Å². The third-order valence-electron chi connectivity index (χ3n) is 3.78. The number of carbonyl (C=O) groups is 1. The molecule has 1 amide bonds. The number of rotatable bonds is 8. The van der Waals surface area contributed by atoms with Crippen LogP contribution in [0.25, 0.3) is 10.6 Å². The highest BCUT2D eigenvalue weighted by atomic mass is 32.1. The lowest BCUT2D eigenvalue weighted by molar-refractivity contribution is 0.0954. The number of thiazole rings is 1. The van der Waals surface area contributed by atoms with Crippen LogP contribution in [0.3, 0.4) is 0 Å². The van der Waals surface area contributed by atoms with Gasteiger partial charge in [-0.2, -0.15) is 0 Å². The van der Waals surface area contributed by atoms with E-state index in [4.69, 9.17) is 9.47 Å². The van der Waals surface area contributed by atoms with Gasteiger partial charge in [-0.1, -0.05) is 18.2 Å². The van der Waals surface area contributed by atoms with Crippen LogP contribution in [0.2, 0.25) is 0 Å². The Kier molecular flexibility index (Phi) is 6.22. The monoisotopic (exact) mass is 380 g/mol. The first kappa shape index (κ1) is 18.7. The molecule has 2 aromatic carbocycles. The molecule has 0 saturated heterocycles. The number of ether oxygens (including phenoxy) is 2. The topological polar surface area (TPSA) is 60.5 Å². The molecule has 1 heterocycles. The average Bonchev–Trinajstić information content (AvgIpc) is 3.21. The molecule has 0 aliphatic rings. The van der Waals surface area contributed by atoms with Crippen LogP contribution in [0.15, 0.2) is 66.6 Å². The highest BCUT2D eigenvalue weighted by Crippen LogP contribution is 2.26. The minimum atomic E-state index is -0.198. The quantitative estimate of drug-likeness (QED) is 0.592. The van der Waals surface area contributed by atoms with Crippen molar-refractivity contribution in [1.82, 2.24) is 10.3 Å². The van der Waals surface area contributed by atoms with Crippen LogP contribution < -0.4 is 14.8 Å². The molecule has 3 aromatic rings. The number of nitrogens with one attached hydrogen (secondary N) is 1. The standard InChI is InChI=1S/C21H20N2O3S/c1-3-11-22-20(24)19-14-27-21(23-19)16-7-9-17(10-8-16)26-13-15-5-4-6-18(12-15)25-2/h3-10,12,14H,1,11,13H2,2H3,(H,22,24). The molecule has 0 fully saturated rings. The Bertz CT molecular complexity index is 919. The van der Waals surface area contributed by atoms with Crippen LogP contribution in [-0.4, -0.2) is 24.5 Å². The molecule has 27 heavy (non-hydrogen) atoms. The molecular formula is C21H20N2O3S. The van der Waals surface area contributed by atoms with Gasteiger partial charge in [0.2, 0.25) is 0 Å². The Balaban J connectivity index is 1.62. The number of hydrogen-bond donors (Lipinski definition) is 1. The van der Waals surface area contributed by atoms with E-state index in [1.807, 2.05) is 48.5 Å². The highest BCUT2D eigenvalue weighted by molar-refractivity contribution is 7.13. The minimum Gasteiger partial charge on any atom is -0.497 e. The van der Waals surface area contributed by atoms with Crippen LogP contribution >= 0.6 is 11.3 Å². The van der Waals surface area contributed by atoms with Gasteiger partial charge in [0.1, 0.15) is 28.8 Å². The van der Waals surface area contributed by atoms with Gasteiger partial charge in [0.15, 0.2) is 0 Å². The van der Waals surface area contributed by atoms with E-state index >= 15 is 0 Å². The van der Waals surface area contributed by atoms with Gasteiger partial charge in [-0.15, -0.1) is 17.9 Å². The van der Waals surface area contributed by atoms with Crippen molar-refractivity contribution in [2.24, 2.45) is 0 Å². The first-order valence-corrected chi connectivity index (χ1v) is 9.28. The maximum absolute atomic E-state index is 11.9. The van der Waals surface area contributed by atoms with E-state index in [2.05, 4.69) is 16.9 Å². The van der Waals surface area contributed by atoms with Crippen molar-refractivity contribution in [1.29, 1.82) is 0 Å². The third-order valence-corrected chi connectivity index (χ3v) is 4.68. The first-order valence-electron chi connectivity index (χ1n) is 8.40. The molecule has 138 valence electrons. The Morgan fingerprint density at radius 1 is 1.22 bits per heavy atom. The van der Waals surface area contributed by atoms with Crippen molar-refractivity contribution in [2.45, 2.75) is 6.61 Å². The maximum Gasteiger partial charge on any atom is 0.271 e. The van der Waals surface area contributed by atoms with Gasteiger partial charge in [-0.05, 0) is 42.0 Å².